The fourth-order valence-electron chi connectivity index (χ4n) is 4.35. The molecule has 0 bridgehead atoms. The molecule has 2 saturated heterocycles. The van der Waals surface area contributed by atoms with Crippen LogP contribution in [-0.2, 0) is 14.3 Å². The van der Waals surface area contributed by atoms with Crippen LogP contribution in [0, 0.1) is 11.8 Å². The third kappa shape index (κ3) is 1.58. The quantitative estimate of drug-likeness (QED) is 0.796. The van der Waals surface area contributed by atoms with Gasteiger partial charge in [-0.2, -0.15) is 0 Å². The summed E-state index contributed by atoms with van der Waals surface area (Å²) in [6.07, 6.45) is 7.65. The van der Waals surface area contributed by atoms with Crippen LogP contribution >= 0.6 is 0 Å². The number of carbonyl (C=O) groups excluding carboxylic acids is 2. The highest BCUT2D eigenvalue weighted by atomic mass is 16.6. The van der Waals surface area contributed by atoms with E-state index in [0.29, 0.717) is 5.92 Å². The minimum atomic E-state index is -0.729. The van der Waals surface area contributed by atoms with Crippen LogP contribution in [0.2, 0.25) is 0 Å². The largest absolute Gasteiger partial charge is 0.453 e. The molecular weight excluding hydrogens is 242 g/mol. The van der Waals surface area contributed by atoms with Gasteiger partial charge in [-0.25, -0.2) is 4.79 Å². The highest BCUT2D eigenvalue weighted by molar-refractivity contribution is 6.01. The van der Waals surface area contributed by atoms with Crippen LogP contribution in [0.25, 0.3) is 0 Å². The SMILES string of the molecule is CC[C@H]1C(=O)N[C@@]2(CC3CCCCC3)C(=O)O[C@@]12C. The Bertz CT molecular complexity index is 416. The Kier molecular flexibility index (Phi) is 2.88. The lowest BCUT2D eigenvalue weighted by atomic mass is 9.65. The van der Waals surface area contributed by atoms with E-state index < -0.39 is 11.1 Å². The van der Waals surface area contributed by atoms with Crippen molar-refractivity contribution in [3.8, 4) is 0 Å². The molecule has 0 unspecified atom stereocenters. The highest BCUT2D eigenvalue weighted by Gasteiger charge is 2.75. The van der Waals surface area contributed by atoms with Gasteiger partial charge < -0.3 is 10.1 Å². The topological polar surface area (TPSA) is 55.4 Å². The molecule has 4 heteroatoms. The fourth-order valence-corrected chi connectivity index (χ4v) is 4.35. The molecule has 1 saturated carbocycles. The van der Waals surface area contributed by atoms with Gasteiger partial charge in [0.2, 0.25) is 5.91 Å². The number of rotatable bonds is 3. The molecule has 2 aliphatic heterocycles. The first-order valence-electron chi connectivity index (χ1n) is 7.59. The number of hydrogen-bond acceptors (Lipinski definition) is 3. The van der Waals surface area contributed by atoms with E-state index >= 15 is 0 Å². The third-order valence-electron chi connectivity index (χ3n) is 5.55. The summed E-state index contributed by atoms with van der Waals surface area (Å²) in [7, 11) is 0. The first kappa shape index (κ1) is 12.9. The Morgan fingerprint density at radius 2 is 1.95 bits per heavy atom. The van der Waals surface area contributed by atoms with Gasteiger partial charge in [0.05, 0.1) is 5.92 Å². The number of carbonyl (C=O) groups is 2. The molecule has 106 valence electrons. The average Bonchev–Trinajstić information content (AvgIpc) is 2.55. The number of esters is 1. The molecule has 0 spiro atoms. The molecular formula is C15H23NO3. The summed E-state index contributed by atoms with van der Waals surface area (Å²) in [5.74, 6) is 0.141. The summed E-state index contributed by atoms with van der Waals surface area (Å²) in [6, 6.07) is 0. The number of fused-ring (bicyclic) bond motifs is 1. The Morgan fingerprint density at radius 3 is 2.53 bits per heavy atom. The van der Waals surface area contributed by atoms with E-state index in [1.54, 1.807) is 0 Å². The minimum Gasteiger partial charge on any atom is -0.453 e. The lowest BCUT2D eigenvalue weighted by Gasteiger charge is -2.52. The van der Waals surface area contributed by atoms with Gasteiger partial charge in [0.1, 0.15) is 0 Å². The van der Waals surface area contributed by atoms with Crippen LogP contribution < -0.4 is 5.32 Å². The molecule has 3 rings (SSSR count). The van der Waals surface area contributed by atoms with Gasteiger partial charge in [0, 0.05) is 0 Å². The summed E-state index contributed by atoms with van der Waals surface area (Å²) in [5, 5.41) is 2.99. The Hall–Kier alpha value is -1.06. The normalized spacial score (nSPS) is 42.3. The van der Waals surface area contributed by atoms with Crippen molar-refractivity contribution < 1.29 is 14.3 Å². The molecule has 0 radical (unpaired) electrons. The smallest absolute Gasteiger partial charge is 0.336 e. The maximum Gasteiger partial charge on any atom is 0.336 e. The van der Waals surface area contributed by atoms with Crippen molar-refractivity contribution in [2.75, 3.05) is 0 Å². The van der Waals surface area contributed by atoms with Gasteiger partial charge in [0.15, 0.2) is 11.1 Å². The minimum absolute atomic E-state index is 0.00772. The standard InChI is InChI=1S/C15H23NO3/c1-3-11-12(17)16-15(13(18)19-14(11,15)2)9-10-7-5-4-6-8-10/h10-11H,3-9H2,1-2H3,(H,16,17)/t11-,14-,15-/m0/s1. The Morgan fingerprint density at radius 1 is 1.26 bits per heavy atom. The van der Waals surface area contributed by atoms with E-state index in [2.05, 4.69) is 5.32 Å². The molecule has 1 aliphatic carbocycles. The summed E-state index contributed by atoms with van der Waals surface area (Å²) in [4.78, 5) is 24.2. The molecule has 3 aliphatic rings. The lowest BCUT2D eigenvalue weighted by molar-refractivity contribution is -0.222. The Labute approximate surface area is 114 Å². The van der Waals surface area contributed by atoms with E-state index in [4.69, 9.17) is 4.74 Å². The fraction of sp³-hybridized carbons (Fsp3) is 0.867. The van der Waals surface area contributed by atoms with Gasteiger partial charge in [-0.05, 0) is 25.7 Å². The van der Waals surface area contributed by atoms with E-state index in [9.17, 15) is 9.59 Å². The first-order valence-corrected chi connectivity index (χ1v) is 7.59. The summed E-state index contributed by atoms with van der Waals surface area (Å²) in [5.41, 5.74) is -1.35. The zero-order chi connectivity index (χ0) is 13.7. The van der Waals surface area contributed by atoms with Crippen LogP contribution in [0.15, 0.2) is 0 Å². The zero-order valence-electron chi connectivity index (χ0n) is 11.8. The van der Waals surface area contributed by atoms with Crippen molar-refractivity contribution in [1.82, 2.24) is 5.32 Å². The van der Waals surface area contributed by atoms with E-state index in [1.165, 1.54) is 32.1 Å². The van der Waals surface area contributed by atoms with Gasteiger partial charge in [-0.15, -0.1) is 0 Å². The Balaban J connectivity index is 1.84. The molecule has 19 heavy (non-hydrogen) atoms. The van der Waals surface area contributed by atoms with E-state index in [0.717, 1.165) is 12.8 Å². The van der Waals surface area contributed by atoms with Crippen molar-refractivity contribution in [3.05, 3.63) is 0 Å². The number of hydrogen-bond donors (Lipinski definition) is 1. The zero-order valence-corrected chi connectivity index (χ0v) is 11.8. The summed E-state index contributed by atoms with van der Waals surface area (Å²) in [6.45, 7) is 3.92. The number of amides is 1. The van der Waals surface area contributed by atoms with Gasteiger partial charge in [-0.3, -0.25) is 4.79 Å². The molecule has 4 nitrogen and oxygen atoms in total. The van der Waals surface area contributed by atoms with Gasteiger partial charge in [0.25, 0.3) is 0 Å². The van der Waals surface area contributed by atoms with E-state index in [1.807, 2.05) is 13.8 Å². The second kappa shape index (κ2) is 4.22. The van der Waals surface area contributed by atoms with Crippen LogP contribution in [0.3, 0.4) is 0 Å². The summed E-state index contributed by atoms with van der Waals surface area (Å²) >= 11 is 0. The van der Waals surface area contributed by atoms with Crippen LogP contribution in [0.5, 0.6) is 0 Å². The molecule has 2 heterocycles. The molecule has 0 aromatic rings. The van der Waals surface area contributed by atoms with Gasteiger partial charge >= 0.3 is 5.97 Å². The summed E-state index contributed by atoms with van der Waals surface area (Å²) < 4.78 is 5.45. The van der Waals surface area contributed by atoms with Crippen molar-refractivity contribution in [1.29, 1.82) is 0 Å². The van der Waals surface area contributed by atoms with Crippen molar-refractivity contribution in [3.63, 3.8) is 0 Å². The molecule has 1 N–H and O–H groups in total. The predicted octanol–water partition coefficient (Wildman–Crippen LogP) is 2.17. The highest BCUT2D eigenvalue weighted by Crippen LogP contribution is 2.53. The second-order valence-corrected chi connectivity index (χ2v) is 6.56. The molecule has 1 amide bonds. The average molecular weight is 265 g/mol. The van der Waals surface area contributed by atoms with Crippen molar-refractivity contribution in [2.24, 2.45) is 11.8 Å². The van der Waals surface area contributed by atoms with Crippen LogP contribution in [0.1, 0.15) is 58.8 Å². The second-order valence-electron chi connectivity index (χ2n) is 6.56. The first-order chi connectivity index (χ1) is 9.03. The number of nitrogens with one attached hydrogen (secondary N) is 1. The predicted molar refractivity (Wildman–Crippen MR) is 70.3 cm³/mol. The monoisotopic (exact) mass is 265 g/mol. The third-order valence-corrected chi connectivity index (χ3v) is 5.55. The van der Waals surface area contributed by atoms with Crippen molar-refractivity contribution in [2.45, 2.75) is 69.9 Å². The number of ether oxygens (including phenoxy) is 1. The van der Waals surface area contributed by atoms with Crippen LogP contribution in [0.4, 0.5) is 0 Å². The molecule has 3 atom stereocenters. The lowest BCUT2D eigenvalue weighted by Crippen LogP contribution is -2.74. The molecule has 0 aromatic heterocycles. The van der Waals surface area contributed by atoms with Gasteiger partial charge in [-0.1, -0.05) is 39.0 Å². The molecule has 3 fully saturated rings. The van der Waals surface area contributed by atoms with E-state index in [-0.39, 0.29) is 17.8 Å². The maximum atomic E-state index is 12.1. The van der Waals surface area contributed by atoms with Crippen LogP contribution in [-0.4, -0.2) is 23.0 Å². The maximum absolute atomic E-state index is 12.1. The molecule has 0 aromatic carbocycles. The van der Waals surface area contributed by atoms with Crippen molar-refractivity contribution >= 4 is 11.9 Å².